The van der Waals surface area contributed by atoms with Gasteiger partial charge in [0.25, 0.3) is 0 Å². The smallest absolute Gasteiger partial charge is 0.464 e. The molecule has 1 unspecified atom stereocenters. The number of rotatable bonds is 16. The summed E-state index contributed by atoms with van der Waals surface area (Å²) in [5.74, 6) is 1.09. The maximum atomic E-state index is 12.3. The zero-order valence-corrected chi connectivity index (χ0v) is 19.1. The zero-order chi connectivity index (χ0) is 22.1. The van der Waals surface area contributed by atoms with E-state index in [2.05, 4.69) is 4.90 Å². The largest absolute Gasteiger partial charge is 0.508 e. The molecular weight excluding hydrogens is 414 g/mol. The summed E-state index contributed by atoms with van der Waals surface area (Å²) in [5.41, 5.74) is -1.33. The first-order valence-electron chi connectivity index (χ1n) is 10.5. The molecule has 0 aromatic carbocycles. The Morgan fingerprint density at radius 3 is 2.40 bits per heavy atom. The molecule has 1 aliphatic rings. The van der Waals surface area contributed by atoms with Gasteiger partial charge in [0.1, 0.15) is 25.2 Å². The second kappa shape index (κ2) is 16.6. The van der Waals surface area contributed by atoms with E-state index < -0.39 is 24.1 Å². The van der Waals surface area contributed by atoms with Crippen LogP contribution in [0.4, 0.5) is 4.79 Å². The van der Waals surface area contributed by atoms with Crippen LogP contribution in [0.25, 0.3) is 0 Å². The van der Waals surface area contributed by atoms with E-state index in [0.717, 1.165) is 12.3 Å². The summed E-state index contributed by atoms with van der Waals surface area (Å²) in [7, 11) is 1.57. The lowest BCUT2D eigenvalue weighted by molar-refractivity contribution is -0.159. The Balaban J connectivity index is 2.12. The predicted molar refractivity (Wildman–Crippen MR) is 114 cm³/mol. The van der Waals surface area contributed by atoms with Crippen LogP contribution in [-0.4, -0.2) is 107 Å². The number of hydrogen-bond acceptors (Lipinski definition) is 10. The number of hydrogen-bond donors (Lipinski definition) is 1. The Hall–Kier alpha value is -1.07. The van der Waals surface area contributed by atoms with E-state index in [9.17, 15) is 14.7 Å². The topological polar surface area (TPSA) is 104 Å². The molecular formula is C20H37NO8S. The SMILES string of the molecule is COCCOCCOC(=O)OCC(C)(CO)C(=O)OCCSCCN1CCCCC1. The molecule has 0 spiro atoms. The molecule has 30 heavy (non-hydrogen) atoms. The minimum absolute atomic E-state index is 0.0253. The minimum atomic E-state index is -1.33. The number of aliphatic hydroxyl groups is 1. The first-order chi connectivity index (χ1) is 14.5. The van der Waals surface area contributed by atoms with E-state index in [1.54, 1.807) is 18.9 Å². The number of methoxy groups -OCH3 is 1. The molecule has 0 aromatic rings. The summed E-state index contributed by atoms with van der Waals surface area (Å²) < 4.78 is 25.0. The molecule has 0 radical (unpaired) electrons. The van der Waals surface area contributed by atoms with Gasteiger partial charge in [-0.25, -0.2) is 4.79 Å². The molecule has 1 N–H and O–H groups in total. The summed E-state index contributed by atoms with van der Waals surface area (Å²) in [4.78, 5) is 26.4. The third-order valence-corrected chi connectivity index (χ3v) is 5.62. The van der Waals surface area contributed by atoms with Gasteiger partial charge in [0.15, 0.2) is 0 Å². The van der Waals surface area contributed by atoms with Crippen LogP contribution in [0, 0.1) is 5.41 Å². The fourth-order valence-corrected chi connectivity index (χ4v) is 3.50. The van der Waals surface area contributed by atoms with Crippen LogP contribution in [0.5, 0.6) is 0 Å². The molecule has 1 heterocycles. The highest BCUT2D eigenvalue weighted by atomic mass is 32.2. The van der Waals surface area contributed by atoms with Crippen molar-refractivity contribution in [3.63, 3.8) is 0 Å². The Morgan fingerprint density at radius 2 is 1.70 bits per heavy atom. The maximum absolute atomic E-state index is 12.3. The minimum Gasteiger partial charge on any atom is -0.464 e. The van der Waals surface area contributed by atoms with E-state index >= 15 is 0 Å². The van der Waals surface area contributed by atoms with Crippen molar-refractivity contribution in [1.82, 2.24) is 4.90 Å². The first kappa shape index (κ1) is 27.0. The van der Waals surface area contributed by atoms with Crippen LogP contribution >= 0.6 is 11.8 Å². The second-order valence-electron chi connectivity index (χ2n) is 7.36. The van der Waals surface area contributed by atoms with Gasteiger partial charge in [0.05, 0.1) is 26.4 Å². The second-order valence-corrected chi connectivity index (χ2v) is 8.59. The van der Waals surface area contributed by atoms with Crippen molar-refractivity contribution in [3.8, 4) is 0 Å². The fourth-order valence-electron chi connectivity index (χ4n) is 2.70. The van der Waals surface area contributed by atoms with Crippen LogP contribution in [0.15, 0.2) is 0 Å². The number of piperidine rings is 1. The van der Waals surface area contributed by atoms with Gasteiger partial charge in [-0.05, 0) is 32.9 Å². The standard InChI is InChI=1S/C20H37NO8S/c1-20(16-22,17-29-19(24)28-12-11-26-10-9-25-2)18(23)27-13-15-30-14-8-21-6-4-3-5-7-21/h22H,3-17H2,1-2H3. The van der Waals surface area contributed by atoms with E-state index in [1.165, 1.54) is 39.3 Å². The van der Waals surface area contributed by atoms with Crippen molar-refractivity contribution in [2.24, 2.45) is 5.41 Å². The van der Waals surface area contributed by atoms with Gasteiger partial charge in [-0.15, -0.1) is 0 Å². The van der Waals surface area contributed by atoms with Gasteiger partial charge in [-0.3, -0.25) is 4.79 Å². The van der Waals surface area contributed by atoms with Crippen LogP contribution in [0.2, 0.25) is 0 Å². The fraction of sp³-hybridized carbons (Fsp3) is 0.900. The van der Waals surface area contributed by atoms with E-state index in [-0.39, 0.29) is 26.4 Å². The van der Waals surface area contributed by atoms with Crippen molar-refractivity contribution in [3.05, 3.63) is 0 Å². The van der Waals surface area contributed by atoms with Gasteiger partial charge in [-0.2, -0.15) is 11.8 Å². The van der Waals surface area contributed by atoms with Crippen LogP contribution in [0.3, 0.4) is 0 Å². The lowest BCUT2D eigenvalue weighted by atomic mass is 9.93. The number of carbonyl (C=O) groups excluding carboxylic acids is 2. The van der Waals surface area contributed by atoms with Crippen LogP contribution in [-0.2, 0) is 28.5 Å². The Kier molecular flexibility index (Phi) is 14.9. The highest BCUT2D eigenvalue weighted by molar-refractivity contribution is 7.99. The molecule has 1 atom stereocenters. The van der Waals surface area contributed by atoms with E-state index in [0.29, 0.717) is 19.0 Å². The molecule has 9 nitrogen and oxygen atoms in total. The number of carbonyl (C=O) groups is 2. The maximum Gasteiger partial charge on any atom is 0.508 e. The Morgan fingerprint density at radius 1 is 0.967 bits per heavy atom. The quantitative estimate of drug-likeness (QED) is 0.275. The predicted octanol–water partition coefficient (Wildman–Crippen LogP) is 1.56. The summed E-state index contributed by atoms with van der Waals surface area (Å²) >= 11 is 1.73. The summed E-state index contributed by atoms with van der Waals surface area (Å²) in [6, 6.07) is 0. The van der Waals surface area contributed by atoms with Crippen LogP contribution in [0.1, 0.15) is 26.2 Å². The molecule has 1 aliphatic heterocycles. The zero-order valence-electron chi connectivity index (χ0n) is 18.3. The molecule has 176 valence electrons. The van der Waals surface area contributed by atoms with E-state index in [4.69, 9.17) is 23.7 Å². The highest BCUT2D eigenvalue weighted by Crippen LogP contribution is 2.19. The van der Waals surface area contributed by atoms with E-state index in [1.807, 2.05) is 0 Å². The Bertz CT molecular complexity index is 476. The molecule has 1 saturated heterocycles. The number of likely N-dealkylation sites (tertiary alicyclic amines) is 1. The number of aliphatic hydroxyl groups excluding tert-OH is 1. The molecule has 10 heteroatoms. The van der Waals surface area contributed by atoms with Gasteiger partial charge >= 0.3 is 12.1 Å². The summed E-state index contributed by atoms with van der Waals surface area (Å²) in [6.07, 6.45) is 2.96. The molecule has 0 saturated carbocycles. The van der Waals surface area contributed by atoms with Gasteiger partial charge in [0, 0.05) is 25.2 Å². The van der Waals surface area contributed by atoms with Gasteiger partial charge in [-0.1, -0.05) is 6.42 Å². The molecule has 0 aliphatic carbocycles. The summed E-state index contributed by atoms with van der Waals surface area (Å²) in [6.45, 7) is 5.42. The Labute approximate surface area is 183 Å². The lowest BCUT2D eigenvalue weighted by Crippen LogP contribution is -2.39. The van der Waals surface area contributed by atoms with Crippen molar-refractivity contribution >= 4 is 23.9 Å². The number of esters is 1. The van der Waals surface area contributed by atoms with Crippen molar-refractivity contribution in [1.29, 1.82) is 0 Å². The lowest BCUT2D eigenvalue weighted by Gasteiger charge is -2.26. The number of nitrogens with zero attached hydrogens (tertiary/aromatic N) is 1. The third-order valence-electron chi connectivity index (χ3n) is 4.69. The average Bonchev–Trinajstić information content (AvgIpc) is 2.77. The average molecular weight is 452 g/mol. The van der Waals surface area contributed by atoms with Crippen LogP contribution < -0.4 is 0 Å². The first-order valence-corrected chi connectivity index (χ1v) is 11.6. The summed E-state index contributed by atoms with van der Waals surface area (Å²) in [5, 5.41) is 9.57. The monoisotopic (exact) mass is 451 g/mol. The number of thioether (sulfide) groups is 1. The number of ether oxygens (including phenoxy) is 5. The van der Waals surface area contributed by atoms with Crippen molar-refractivity contribution in [2.75, 3.05) is 84.5 Å². The molecule has 0 amide bonds. The van der Waals surface area contributed by atoms with Gasteiger partial charge in [0.2, 0.25) is 0 Å². The molecule has 1 fully saturated rings. The molecule has 1 rings (SSSR count). The normalized spacial score (nSPS) is 16.6. The highest BCUT2D eigenvalue weighted by Gasteiger charge is 2.36. The van der Waals surface area contributed by atoms with Crippen molar-refractivity contribution in [2.45, 2.75) is 26.2 Å². The molecule has 0 aromatic heterocycles. The molecule has 0 bridgehead atoms. The third kappa shape index (κ3) is 11.9. The van der Waals surface area contributed by atoms with Gasteiger partial charge < -0.3 is 33.7 Å². The van der Waals surface area contributed by atoms with Crippen molar-refractivity contribution < 1.29 is 38.4 Å².